The van der Waals surface area contributed by atoms with Crippen LogP contribution in [0, 0.1) is 11.6 Å². The van der Waals surface area contributed by atoms with Crippen molar-refractivity contribution in [2.45, 2.75) is 13.0 Å². The Bertz CT molecular complexity index is 1020. The summed E-state index contributed by atoms with van der Waals surface area (Å²) in [7, 11) is 0. The Balaban J connectivity index is 1.68. The molecule has 0 saturated carbocycles. The fraction of sp³-hybridized carbons (Fsp3) is 0.0909. The van der Waals surface area contributed by atoms with Crippen LogP contribution in [0.3, 0.4) is 0 Å². The number of carbonyl (C=O) groups is 1. The van der Waals surface area contributed by atoms with Gasteiger partial charge in [0.05, 0.1) is 6.04 Å². The van der Waals surface area contributed by atoms with Crippen molar-refractivity contribution in [2.75, 3.05) is 0 Å². The van der Waals surface area contributed by atoms with Gasteiger partial charge in [0.15, 0.2) is 11.6 Å². The molecule has 3 rings (SSSR count). The van der Waals surface area contributed by atoms with Gasteiger partial charge in [-0.05, 0) is 60.0 Å². The zero-order valence-corrected chi connectivity index (χ0v) is 15.8. The van der Waals surface area contributed by atoms with Gasteiger partial charge in [0.25, 0.3) is 0 Å². The molecule has 3 nitrogen and oxygen atoms in total. The Morgan fingerprint density at radius 2 is 1.89 bits per heavy atom. The third-order valence-corrected chi connectivity index (χ3v) is 4.40. The number of aromatic nitrogens is 1. The minimum absolute atomic E-state index is 0.248. The molecule has 2 aromatic carbocycles. The van der Waals surface area contributed by atoms with Crippen molar-refractivity contribution in [1.82, 2.24) is 10.3 Å². The largest absolute Gasteiger partial charge is 0.346 e. The molecule has 0 aliphatic heterocycles. The maximum atomic E-state index is 13.2. The number of hydrogen-bond acceptors (Lipinski definition) is 2. The van der Waals surface area contributed by atoms with Crippen molar-refractivity contribution >= 4 is 23.6 Å². The second kappa shape index (κ2) is 8.76. The summed E-state index contributed by atoms with van der Waals surface area (Å²) in [5.41, 5.74) is 3.20. The molecular weight excluding hydrogens is 382 g/mol. The van der Waals surface area contributed by atoms with Gasteiger partial charge in [-0.2, -0.15) is 0 Å². The highest BCUT2D eigenvalue weighted by molar-refractivity contribution is 6.29. The Kier molecular flexibility index (Phi) is 6.16. The van der Waals surface area contributed by atoms with E-state index >= 15 is 0 Å². The first-order chi connectivity index (χ1) is 13.4. The van der Waals surface area contributed by atoms with Crippen LogP contribution >= 0.6 is 11.6 Å². The van der Waals surface area contributed by atoms with Gasteiger partial charge in [0, 0.05) is 17.8 Å². The average Bonchev–Trinajstić information content (AvgIpc) is 2.69. The SMILES string of the molecule is CC(NC(=O)/C=C/c1ccc(F)c(F)c1)c1cccc(-c2ccc(Cl)nc2)c1. The van der Waals surface area contributed by atoms with Crippen LogP contribution in [-0.2, 0) is 4.79 Å². The predicted octanol–water partition coefficient (Wildman–Crippen LogP) is 5.57. The molecule has 1 aromatic heterocycles. The predicted molar refractivity (Wildman–Crippen MR) is 107 cm³/mol. The molecule has 142 valence electrons. The second-order valence-electron chi connectivity index (χ2n) is 6.23. The van der Waals surface area contributed by atoms with E-state index in [4.69, 9.17) is 11.6 Å². The number of nitrogens with one attached hydrogen (secondary N) is 1. The standard InChI is InChI=1S/C22H17ClF2N2O/c1-14(27-22(28)10-6-15-5-8-19(24)20(25)11-15)16-3-2-4-17(12-16)18-7-9-21(23)26-13-18/h2-14H,1H3,(H,27,28)/b10-6+. The Hall–Kier alpha value is -3.05. The van der Waals surface area contributed by atoms with Crippen molar-refractivity contribution in [3.05, 3.63) is 94.8 Å². The molecule has 1 atom stereocenters. The number of benzene rings is 2. The molecule has 0 fully saturated rings. The minimum atomic E-state index is -0.954. The lowest BCUT2D eigenvalue weighted by atomic mass is 10.0. The number of halogens is 3. The van der Waals surface area contributed by atoms with Gasteiger partial charge in [-0.3, -0.25) is 4.79 Å². The maximum absolute atomic E-state index is 13.2. The summed E-state index contributed by atoms with van der Waals surface area (Å²) in [5.74, 6) is -2.22. The van der Waals surface area contributed by atoms with E-state index in [1.54, 1.807) is 12.3 Å². The molecule has 0 bridgehead atoms. The minimum Gasteiger partial charge on any atom is -0.346 e. The zero-order valence-electron chi connectivity index (χ0n) is 15.0. The van der Waals surface area contributed by atoms with Gasteiger partial charge in [0.2, 0.25) is 5.91 Å². The molecule has 0 aliphatic rings. The Morgan fingerprint density at radius 1 is 1.07 bits per heavy atom. The summed E-state index contributed by atoms with van der Waals surface area (Å²) < 4.78 is 26.2. The molecule has 0 radical (unpaired) electrons. The molecule has 0 saturated heterocycles. The van der Waals surface area contributed by atoms with Crippen molar-refractivity contribution in [2.24, 2.45) is 0 Å². The van der Waals surface area contributed by atoms with Crippen molar-refractivity contribution in [1.29, 1.82) is 0 Å². The Morgan fingerprint density at radius 3 is 2.61 bits per heavy atom. The number of pyridine rings is 1. The van der Waals surface area contributed by atoms with Crippen LogP contribution in [-0.4, -0.2) is 10.9 Å². The third-order valence-electron chi connectivity index (χ3n) is 4.18. The summed E-state index contributed by atoms with van der Waals surface area (Å²) in [6, 6.07) is 14.5. The van der Waals surface area contributed by atoms with Crippen LogP contribution in [0.2, 0.25) is 5.15 Å². The molecule has 28 heavy (non-hydrogen) atoms. The van der Waals surface area contributed by atoms with Crippen molar-refractivity contribution < 1.29 is 13.6 Å². The molecule has 0 aliphatic carbocycles. The fourth-order valence-electron chi connectivity index (χ4n) is 2.67. The normalized spacial score (nSPS) is 12.1. The molecule has 1 unspecified atom stereocenters. The number of carbonyl (C=O) groups excluding carboxylic acids is 1. The first-order valence-electron chi connectivity index (χ1n) is 8.58. The van der Waals surface area contributed by atoms with E-state index in [2.05, 4.69) is 10.3 Å². The van der Waals surface area contributed by atoms with E-state index in [1.807, 2.05) is 37.3 Å². The molecular formula is C22H17ClF2N2O. The van der Waals surface area contributed by atoms with Crippen molar-refractivity contribution in [3.63, 3.8) is 0 Å². The van der Waals surface area contributed by atoms with Crippen LogP contribution in [0.4, 0.5) is 8.78 Å². The second-order valence-corrected chi connectivity index (χ2v) is 6.62. The van der Waals surface area contributed by atoms with Gasteiger partial charge in [-0.15, -0.1) is 0 Å². The van der Waals surface area contributed by atoms with Gasteiger partial charge < -0.3 is 5.32 Å². The van der Waals surface area contributed by atoms with Gasteiger partial charge in [0.1, 0.15) is 5.15 Å². The highest BCUT2D eigenvalue weighted by atomic mass is 35.5. The van der Waals surface area contributed by atoms with Gasteiger partial charge in [-0.1, -0.05) is 35.9 Å². The average molecular weight is 399 g/mol. The number of amides is 1. The number of hydrogen-bond donors (Lipinski definition) is 1. The van der Waals surface area contributed by atoms with E-state index in [9.17, 15) is 13.6 Å². The summed E-state index contributed by atoms with van der Waals surface area (Å²) in [5, 5.41) is 3.27. The zero-order chi connectivity index (χ0) is 20.1. The van der Waals surface area contributed by atoms with E-state index in [-0.39, 0.29) is 11.9 Å². The lowest BCUT2D eigenvalue weighted by molar-refractivity contribution is -0.117. The summed E-state index contributed by atoms with van der Waals surface area (Å²) in [4.78, 5) is 16.2. The molecule has 1 heterocycles. The first-order valence-corrected chi connectivity index (χ1v) is 8.95. The quantitative estimate of drug-likeness (QED) is 0.451. The van der Waals surface area contributed by atoms with E-state index in [0.717, 1.165) is 28.8 Å². The van der Waals surface area contributed by atoms with E-state index in [0.29, 0.717) is 10.7 Å². The molecule has 3 aromatic rings. The topological polar surface area (TPSA) is 42.0 Å². The van der Waals surface area contributed by atoms with Gasteiger partial charge >= 0.3 is 0 Å². The summed E-state index contributed by atoms with van der Waals surface area (Å²) >= 11 is 5.82. The lowest BCUT2D eigenvalue weighted by Gasteiger charge is -2.14. The number of rotatable bonds is 5. The molecule has 0 spiro atoms. The van der Waals surface area contributed by atoms with E-state index < -0.39 is 11.6 Å². The molecule has 1 amide bonds. The molecule has 6 heteroatoms. The highest BCUT2D eigenvalue weighted by Gasteiger charge is 2.09. The maximum Gasteiger partial charge on any atom is 0.244 e. The first kappa shape index (κ1) is 19.7. The van der Waals surface area contributed by atoms with Crippen LogP contribution < -0.4 is 5.32 Å². The van der Waals surface area contributed by atoms with E-state index in [1.165, 1.54) is 18.2 Å². The third kappa shape index (κ3) is 5.02. The van der Waals surface area contributed by atoms with Crippen molar-refractivity contribution in [3.8, 4) is 11.1 Å². The van der Waals surface area contributed by atoms with Crippen LogP contribution in [0.1, 0.15) is 24.1 Å². The van der Waals surface area contributed by atoms with Crippen LogP contribution in [0.5, 0.6) is 0 Å². The fourth-order valence-corrected chi connectivity index (χ4v) is 2.78. The highest BCUT2D eigenvalue weighted by Crippen LogP contribution is 2.23. The number of nitrogens with zero attached hydrogens (tertiary/aromatic N) is 1. The summed E-state index contributed by atoms with van der Waals surface area (Å²) in [6.45, 7) is 1.86. The monoisotopic (exact) mass is 398 g/mol. The van der Waals surface area contributed by atoms with Crippen LogP contribution in [0.25, 0.3) is 17.2 Å². The van der Waals surface area contributed by atoms with Gasteiger partial charge in [-0.25, -0.2) is 13.8 Å². The molecule has 1 N–H and O–H groups in total. The smallest absolute Gasteiger partial charge is 0.244 e. The summed E-state index contributed by atoms with van der Waals surface area (Å²) in [6.07, 6.45) is 4.41. The lowest BCUT2D eigenvalue weighted by Crippen LogP contribution is -2.24. The van der Waals surface area contributed by atoms with Crippen LogP contribution in [0.15, 0.2) is 66.9 Å². The Labute approximate surface area is 166 Å².